The molecule has 0 rings (SSSR count). The molecule has 16 heavy (non-hydrogen) atoms. The Balaban J connectivity index is 3.87. The van der Waals surface area contributed by atoms with E-state index in [2.05, 4.69) is 24.1 Å². The summed E-state index contributed by atoms with van der Waals surface area (Å²) in [5.41, 5.74) is 5.59. The third kappa shape index (κ3) is 5.47. The van der Waals surface area contributed by atoms with Gasteiger partial charge in [0.15, 0.2) is 0 Å². The first-order chi connectivity index (χ1) is 7.56. The molecule has 0 aliphatic heterocycles. The smallest absolute Gasteiger partial charge is 0.224 e. The van der Waals surface area contributed by atoms with E-state index in [4.69, 9.17) is 5.73 Å². The number of amides is 1. The first-order valence-electron chi connectivity index (χ1n) is 6.26. The largest absolute Gasteiger partial charge is 0.355 e. The molecule has 3 N–H and O–H groups in total. The predicted octanol–water partition coefficient (Wildman–Crippen LogP) is 0.675. The number of hydrogen-bond acceptors (Lipinski definition) is 3. The first kappa shape index (κ1) is 15.4. The topological polar surface area (TPSA) is 58.4 Å². The monoisotopic (exact) mass is 229 g/mol. The number of rotatable bonds is 8. The van der Waals surface area contributed by atoms with Gasteiger partial charge in [-0.25, -0.2) is 0 Å². The van der Waals surface area contributed by atoms with Gasteiger partial charge in [-0.15, -0.1) is 0 Å². The second-order valence-corrected chi connectivity index (χ2v) is 4.40. The fraction of sp³-hybridized carbons (Fsp3) is 0.917. The number of nitrogens with one attached hydrogen (secondary N) is 1. The van der Waals surface area contributed by atoms with Gasteiger partial charge in [0.25, 0.3) is 0 Å². The minimum absolute atomic E-state index is 0.0586. The average Bonchev–Trinajstić information content (AvgIpc) is 2.25. The van der Waals surface area contributed by atoms with Crippen LogP contribution in [0.2, 0.25) is 0 Å². The summed E-state index contributed by atoms with van der Waals surface area (Å²) in [4.78, 5) is 14.0. The summed E-state index contributed by atoms with van der Waals surface area (Å²) in [5.74, 6) is 0.333. The highest BCUT2D eigenvalue weighted by molar-refractivity contribution is 5.79. The maximum atomic E-state index is 11.8. The lowest BCUT2D eigenvalue weighted by molar-refractivity contribution is -0.126. The van der Waals surface area contributed by atoms with Crippen molar-refractivity contribution in [2.75, 3.05) is 32.7 Å². The van der Waals surface area contributed by atoms with Crippen LogP contribution in [0.4, 0.5) is 0 Å². The van der Waals surface area contributed by atoms with Crippen LogP contribution in [-0.4, -0.2) is 43.5 Å². The molecule has 0 saturated carbocycles. The quantitative estimate of drug-likeness (QED) is 0.643. The van der Waals surface area contributed by atoms with Crippen LogP contribution in [-0.2, 0) is 4.79 Å². The van der Waals surface area contributed by atoms with E-state index in [9.17, 15) is 4.79 Å². The van der Waals surface area contributed by atoms with Crippen LogP contribution in [0, 0.1) is 11.8 Å². The molecular formula is C12H27N3O. The molecule has 0 heterocycles. The zero-order chi connectivity index (χ0) is 12.6. The molecular weight excluding hydrogens is 202 g/mol. The SMILES string of the molecule is CCN(CC)CCNC(=O)C(CN)C(C)C. The maximum Gasteiger partial charge on any atom is 0.224 e. The minimum atomic E-state index is -0.0586. The van der Waals surface area contributed by atoms with E-state index in [1.165, 1.54) is 0 Å². The normalized spacial score (nSPS) is 13.2. The molecule has 4 heteroatoms. The number of carbonyl (C=O) groups is 1. The number of nitrogens with zero attached hydrogens (tertiary/aromatic N) is 1. The van der Waals surface area contributed by atoms with E-state index >= 15 is 0 Å². The summed E-state index contributed by atoms with van der Waals surface area (Å²) in [5, 5.41) is 2.95. The summed E-state index contributed by atoms with van der Waals surface area (Å²) >= 11 is 0. The fourth-order valence-electron chi connectivity index (χ4n) is 1.69. The minimum Gasteiger partial charge on any atom is -0.355 e. The highest BCUT2D eigenvalue weighted by Crippen LogP contribution is 2.08. The molecule has 0 radical (unpaired) electrons. The van der Waals surface area contributed by atoms with Crippen molar-refractivity contribution in [1.29, 1.82) is 0 Å². The first-order valence-corrected chi connectivity index (χ1v) is 6.26. The Morgan fingerprint density at radius 2 is 1.88 bits per heavy atom. The molecule has 0 aromatic carbocycles. The van der Waals surface area contributed by atoms with E-state index in [1.54, 1.807) is 0 Å². The van der Waals surface area contributed by atoms with Crippen LogP contribution in [0.15, 0.2) is 0 Å². The van der Waals surface area contributed by atoms with Crippen molar-refractivity contribution in [2.24, 2.45) is 17.6 Å². The van der Waals surface area contributed by atoms with Gasteiger partial charge in [0.2, 0.25) is 5.91 Å². The zero-order valence-corrected chi connectivity index (χ0v) is 11.1. The molecule has 1 unspecified atom stereocenters. The number of nitrogens with two attached hydrogens (primary N) is 1. The molecule has 0 aromatic heterocycles. The molecule has 0 saturated heterocycles. The lowest BCUT2D eigenvalue weighted by atomic mass is 9.95. The Hall–Kier alpha value is -0.610. The van der Waals surface area contributed by atoms with Gasteiger partial charge >= 0.3 is 0 Å². The van der Waals surface area contributed by atoms with Gasteiger partial charge in [-0.2, -0.15) is 0 Å². The van der Waals surface area contributed by atoms with Crippen molar-refractivity contribution >= 4 is 5.91 Å². The Morgan fingerprint density at radius 1 is 1.31 bits per heavy atom. The van der Waals surface area contributed by atoms with Crippen LogP contribution in [0.3, 0.4) is 0 Å². The van der Waals surface area contributed by atoms with Gasteiger partial charge < -0.3 is 16.0 Å². The second-order valence-electron chi connectivity index (χ2n) is 4.40. The number of carbonyl (C=O) groups excluding carboxylic acids is 1. The number of hydrogen-bond donors (Lipinski definition) is 2. The zero-order valence-electron chi connectivity index (χ0n) is 11.1. The van der Waals surface area contributed by atoms with Crippen molar-refractivity contribution in [2.45, 2.75) is 27.7 Å². The molecule has 0 aliphatic rings. The van der Waals surface area contributed by atoms with Crippen LogP contribution < -0.4 is 11.1 Å². The van der Waals surface area contributed by atoms with E-state index in [0.29, 0.717) is 19.0 Å². The molecule has 0 spiro atoms. The molecule has 4 nitrogen and oxygen atoms in total. The Kier molecular flexibility index (Phi) is 8.21. The standard InChI is InChI=1S/C12H27N3O/c1-5-15(6-2)8-7-14-12(16)11(9-13)10(3)4/h10-11H,5-9,13H2,1-4H3,(H,14,16). The third-order valence-corrected chi connectivity index (χ3v) is 3.02. The summed E-state index contributed by atoms with van der Waals surface area (Å²) in [6.45, 7) is 12.4. The van der Waals surface area contributed by atoms with E-state index in [0.717, 1.165) is 19.6 Å². The second kappa shape index (κ2) is 8.53. The van der Waals surface area contributed by atoms with E-state index in [-0.39, 0.29) is 11.8 Å². The Labute approximate surface area is 99.6 Å². The summed E-state index contributed by atoms with van der Waals surface area (Å²) in [6.07, 6.45) is 0. The highest BCUT2D eigenvalue weighted by Gasteiger charge is 2.19. The van der Waals surface area contributed by atoms with Gasteiger partial charge in [0, 0.05) is 19.6 Å². The maximum absolute atomic E-state index is 11.8. The van der Waals surface area contributed by atoms with Crippen LogP contribution >= 0.6 is 0 Å². The van der Waals surface area contributed by atoms with Gasteiger partial charge in [-0.3, -0.25) is 4.79 Å². The van der Waals surface area contributed by atoms with Gasteiger partial charge in [0.05, 0.1) is 5.92 Å². The summed E-state index contributed by atoms with van der Waals surface area (Å²) in [6, 6.07) is 0. The van der Waals surface area contributed by atoms with Gasteiger partial charge in [-0.05, 0) is 19.0 Å². The van der Waals surface area contributed by atoms with Crippen LogP contribution in [0.1, 0.15) is 27.7 Å². The highest BCUT2D eigenvalue weighted by atomic mass is 16.1. The predicted molar refractivity (Wildman–Crippen MR) is 68.2 cm³/mol. The van der Waals surface area contributed by atoms with Crippen molar-refractivity contribution < 1.29 is 4.79 Å². The van der Waals surface area contributed by atoms with Crippen molar-refractivity contribution in [3.8, 4) is 0 Å². The molecule has 0 aromatic rings. The van der Waals surface area contributed by atoms with Crippen LogP contribution in [0.25, 0.3) is 0 Å². The molecule has 0 bridgehead atoms. The van der Waals surface area contributed by atoms with Crippen LogP contribution in [0.5, 0.6) is 0 Å². The molecule has 1 amide bonds. The fourth-order valence-corrected chi connectivity index (χ4v) is 1.69. The lowest BCUT2D eigenvalue weighted by Crippen LogP contribution is -2.41. The third-order valence-electron chi connectivity index (χ3n) is 3.02. The Bertz CT molecular complexity index is 191. The lowest BCUT2D eigenvalue weighted by Gasteiger charge is -2.21. The summed E-state index contributed by atoms with van der Waals surface area (Å²) < 4.78 is 0. The molecule has 0 fully saturated rings. The molecule has 96 valence electrons. The van der Waals surface area contributed by atoms with Crippen molar-refractivity contribution in [3.63, 3.8) is 0 Å². The summed E-state index contributed by atoms with van der Waals surface area (Å²) in [7, 11) is 0. The van der Waals surface area contributed by atoms with Gasteiger partial charge in [0.1, 0.15) is 0 Å². The molecule has 0 aliphatic carbocycles. The average molecular weight is 229 g/mol. The Morgan fingerprint density at radius 3 is 2.25 bits per heavy atom. The molecule has 1 atom stereocenters. The number of likely N-dealkylation sites (N-methyl/N-ethyl adjacent to an activating group) is 1. The van der Waals surface area contributed by atoms with Gasteiger partial charge in [-0.1, -0.05) is 27.7 Å². The van der Waals surface area contributed by atoms with Crippen molar-refractivity contribution in [1.82, 2.24) is 10.2 Å². The van der Waals surface area contributed by atoms with E-state index < -0.39 is 0 Å². The van der Waals surface area contributed by atoms with Crippen molar-refractivity contribution in [3.05, 3.63) is 0 Å². The van der Waals surface area contributed by atoms with E-state index in [1.807, 2.05) is 13.8 Å².